The van der Waals surface area contributed by atoms with Crippen molar-refractivity contribution in [3.63, 3.8) is 0 Å². The van der Waals surface area contributed by atoms with Gasteiger partial charge in [-0.15, -0.1) is 0 Å². The molecule has 1 N–H and O–H groups in total. The van der Waals surface area contributed by atoms with Crippen LogP contribution in [0.25, 0.3) is 0 Å². The number of sulfonamides is 1. The highest BCUT2D eigenvalue weighted by molar-refractivity contribution is 7.92. The van der Waals surface area contributed by atoms with E-state index in [1.165, 1.54) is 30.3 Å². The minimum absolute atomic E-state index is 0.0307. The Hall–Kier alpha value is -4.17. The number of hydrogen-bond donors (Lipinski definition) is 1. The molecule has 0 heterocycles. The number of amides is 1. The first kappa shape index (κ1) is 24.0. The van der Waals surface area contributed by atoms with Gasteiger partial charge in [-0.3, -0.25) is 9.10 Å². The lowest BCUT2D eigenvalue weighted by atomic mass is 10.2. The van der Waals surface area contributed by atoms with Crippen molar-refractivity contribution in [1.29, 1.82) is 0 Å². The molecule has 0 fully saturated rings. The maximum Gasteiger partial charge on any atom is 0.264 e. The van der Waals surface area contributed by atoms with E-state index in [-0.39, 0.29) is 16.3 Å². The summed E-state index contributed by atoms with van der Waals surface area (Å²) in [7, 11) is -4.10. The number of carbonyl (C=O) groups is 1. The predicted molar refractivity (Wildman–Crippen MR) is 134 cm³/mol. The Kier molecular flexibility index (Phi) is 7.12. The minimum atomic E-state index is -4.10. The molecule has 35 heavy (non-hydrogen) atoms. The second-order valence-electron chi connectivity index (χ2n) is 7.76. The fourth-order valence-electron chi connectivity index (χ4n) is 3.34. The van der Waals surface area contributed by atoms with Crippen molar-refractivity contribution < 1.29 is 22.3 Å². The van der Waals surface area contributed by atoms with Crippen LogP contribution in [0.3, 0.4) is 0 Å². The van der Waals surface area contributed by atoms with E-state index in [0.717, 1.165) is 9.87 Å². The third-order valence-electron chi connectivity index (χ3n) is 5.15. The first-order valence-electron chi connectivity index (χ1n) is 10.8. The Morgan fingerprint density at radius 3 is 2.09 bits per heavy atom. The van der Waals surface area contributed by atoms with Gasteiger partial charge in [-0.25, -0.2) is 12.8 Å². The SMILES string of the molecule is Cc1ccc(S(=O)(=O)N(CC(=O)Nc2ccccc2F)c2ccc(Oc3ccccc3)cc2)cc1. The Labute approximate surface area is 203 Å². The normalized spacial score (nSPS) is 11.0. The number of nitrogens with one attached hydrogen (secondary N) is 1. The topological polar surface area (TPSA) is 75.7 Å². The van der Waals surface area contributed by atoms with Crippen LogP contribution in [0.5, 0.6) is 11.5 Å². The number of halogens is 1. The number of para-hydroxylation sites is 2. The summed E-state index contributed by atoms with van der Waals surface area (Å²) < 4.78 is 47.8. The molecule has 0 saturated heterocycles. The maximum absolute atomic E-state index is 14.0. The molecular formula is C27H23FN2O4S. The molecule has 0 aromatic heterocycles. The summed E-state index contributed by atoms with van der Waals surface area (Å²) in [5, 5.41) is 2.44. The lowest BCUT2D eigenvalue weighted by Gasteiger charge is -2.24. The number of rotatable bonds is 8. The van der Waals surface area contributed by atoms with Gasteiger partial charge in [0.25, 0.3) is 10.0 Å². The van der Waals surface area contributed by atoms with Gasteiger partial charge in [-0.2, -0.15) is 0 Å². The molecule has 8 heteroatoms. The number of nitrogens with zero attached hydrogens (tertiary/aromatic N) is 1. The Bertz CT molecular complexity index is 1410. The summed E-state index contributed by atoms with van der Waals surface area (Å²) >= 11 is 0. The molecule has 6 nitrogen and oxygen atoms in total. The van der Waals surface area contributed by atoms with Crippen molar-refractivity contribution in [2.24, 2.45) is 0 Å². The van der Waals surface area contributed by atoms with Gasteiger partial charge in [0.05, 0.1) is 16.3 Å². The average Bonchev–Trinajstić information content (AvgIpc) is 2.85. The molecule has 4 rings (SSSR count). The van der Waals surface area contributed by atoms with Gasteiger partial charge in [-0.1, -0.05) is 48.0 Å². The van der Waals surface area contributed by atoms with Crippen molar-refractivity contribution in [1.82, 2.24) is 0 Å². The molecule has 4 aromatic carbocycles. The van der Waals surface area contributed by atoms with Crippen LogP contribution in [0.15, 0.2) is 108 Å². The quantitative estimate of drug-likeness (QED) is 0.341. The highest BCUT2D eigenvalue weighted by Gasteiger charge is 2.27. The van der Waals surface area contributed by atoms with Crippen LogP contribution < -0.4 is 14.4 Å². The second-order valence-corrected chi connectivity index (χ2v) is 9.62. The summed E-state index contributed by atoms with van der Waals surface area (Å²) in [5.74, 6) is -0.163. The summed E-state index contributed by atoms with van der Waals surface area (Å²) in [6.45, 7) is 1.30. The van der Waals surface area contributed by atoms with E-state index in [2.05, 4.69) is 5.32 Å². The largest absolute Gasteiger partial charge is 0.457 e. The van der Waals surface area contributed by atoms with E-state index in [4.69, 9.17) is 4.74 Å². The molecule has 0 aliphatic rings. The van der Waals surface area contributed by atoms with Gasteiger partial charge in [-0.05, 0) is 67.6 Å². The standard InChI is InChI=1S/C27H23FN2O4S/c1-20-11-17-24(18-12-20)35(32,33)30(19-27(31)29-26-10-6-5-9-25(26)28)21-13-15-23(16-14-21)34-22-7-3-2-4-8-22/h2-18H,19H2,1H3,(H,29,31). The van der Waals surface area contributed by atoms with Crippen LogP contribution >= 0.6 is 0 Å². The molecule has 4 aromatic rings. The summed E-state index contributed by atoms with van der Waals surface area (Å²) in [5.41, 5.74) is 1.13. The Balaban J connectivity index is 1.63. The lowest BCUT2D eigenvalue weighted by Crippen LogP contribution is -2.38. The third-order valence-corrected chi connectivity index (χ3v) is 6.94. The van der Waals surface area contributed by atoms with Gasteiger partial charge >= 0.3 is 0 Å². The number of ether oxygens (including phenoxy) is 1. The second kappa shape index (κ2) is 10.4. The van der Waals surface area contributed by atoms with Crippen LogP contribution in [-0.2, 0) is 14.8 Å². The first-order valence-corrected chi connectivity index (χ1v) is 12.2. The van der Waals surface area contributed by atoms with Gasteiger partial charge < -0.3 is 10.1 Å². The Morgan fingerprint density at radius 1 is 0.829 bits per heavy atom. The van der Waals surface area contributed by atoms with Crippen molar-refractivity contribution in [2.45, 2.75) is 11.8 Å². The van der Waals surface area contributed by atoms with Crippen LogP contribution in [0, 0.1) is 12.7 Å². The lowest BCUT2D eigenvalue weighted by molar-refractivity contribution is -0.114. The monoisotopic (exact) mass is 490 g/mol. The van der Waals surface area contributed by atoms with Gasteiger partial charge in [0, 0.05) is 0 Å². The highest BCUT2D eigenvalue weighted by atomic mass is 32.2. The summed E-state index contributed by atoms with van der Waals surface area (Å²) in [6, 6.07) is 27.5. The van der Waals surface area contributed by atoms with E-state index in [9.17, 15) is 17.6 Å². The summed E-state index contributed by atoms with van der Waals surface area (Å²) in [4.78, 5) is 12.8. The van der Waals surface area contributed by atoms with Crippen molar-refractivity contribution in [2.75, 3.05) is 16.2 Å². The van der Waals surface area contributed by atoms with E-state index >= 15 is 0 Å². The van der Waals surface area contributed by atoms with Crippen LogP contribution in [0.2, 0.25) is 0 Å². The van der Waals surface area contributed by atoms with Gasteiger partial charge in [0.2, 0.25) is 5.91 Å². The Morgan fingerprint density at radius 2 is 1.43 bits per heavy atom. The highest BCUT2D eigenvalue weighted by Crippen LogP contribution is 2.28. The van der Waals surface area contributed by atoms with Gasteiger partial charge in [0.15, 0.2) is 0 Å². The van der Waals surface area contributed by atoms with E-state index in [0.29, 0.717) is 11.5 Å². The molecule has 0 bridgehead atoms. The van der Waals surface area contributed by atoms with Crippen molar-refractivity contribution in [3.8, 4) is 11.5 Å². The molecule has 0 spiro atoms. The fourth-order valence-corrected chi connectivity index (χ4v) is 4.76. The molecule has 0 radical (unpaired) electrons. The zero-order valence-electron chi connectivity index (χ0n) is 18.9. The number of aryl methyl sites for hydroxylation is 1. The number of carbonyl (C=O) groups excluding carboxylic acids is 1. The molecule has 0 saturated carbocycles. The molecule has 178 valence electrons. The number of benzene rings is 4. The molecule has 0 unspecified atom stereocenters. The van der Waals surface area contributed by atoms with Crippen molar-refractivity contribution in [3.05, 3.63) is 115 Å². The molecule has 1 amide bonds. The van der Waals surface area contributed by atoms with E-state index in [1.807, 2.05) is 25.1 Å². The molecular weight excluding hydrogens is 467 g/mol. The van der Waals surface area contributed by atoms with Crippen LogP contribution in [-0.4, -0.2) is 20.9 Å². The molecule has 0 atom stereocenters. The third kappa shape index (κ3) is 5.85. The minimum Gasteiger partial charge on any atom is -0.457 e. The first-order chi connectivity index (χ1) is 16.8. The van der Waals surface area contributed by atoms with Crippen LogP contribution in [0.4, 0.5) is 15.8 Å². The van der Waals surface area contributed by atoms with E-state index < -0.39 is 28.3 Å². The zero-order valence-corrected chi connectivity index (χ0v) is 19.7. The van der Waals surface area contributed by atoms with Crippen molar-refractivity contribution >= 4 is 27.3 Å². The number of anilines is 2. The van der Waals surface area contributed by atoms with Gasteiger partial charge in [0.1, 0.15) is 23.9 Å². The average molecular weight is 491 g/mol. The van der Waals surface area contributed by atoms with E-state index in [1.54, 1.807) is 54.6 Å². The maximum atomic E-state index is 14.0. The smallest absolute Gasteiger partial charge is 0.264 e. The number of hydrogen-bond acceptors (Lipinski definition) is 4. The van der Waals surface area contributed by atoms with Crippen LogP contribution in [0.1, 0.15) is 5.56 Å². The molecule has 0 aliphatic carbocycles. The summed E-state index contributed by atoms with van der Waals surface area (Å²) in [6.07, 6.45) is 0. The fraction of sp³-hybridized carbons (Fsp3) is 0.0741. The molecule has 0 aliphatic heterocycles. The zero-order chi connectivity index (χ0) is 24.8. The predicted octanol–water partition coefficient (Wildman–Crippen LogP) is 5.76.